The van der Waals surface area contributed by atoms with E-state index >= 15 is 0 Å². The number of carbonyl (C=O) groups is 2. The lowest BCUT2D eigenvalue weighted by atomic mass is 9.75. The van der Waals surface area contributed by atoms with Crippen LogP contribution in [0.1, 0.15) is 63.5 Å². The predicted octanol–water partition coefficient (Wildman–Crippen LogP) is 5.33. The van der Waals surface area contributed by atoms with Crippen molar-refractivity contribution in [1.29, 1.82) is 0 Å². The molecule has 0 saturated carbocycles. The summed E-state index contributed by atoms with van der Waals surface area (Å²) in [6.07, 6.45) is 4.11. The molecule has 3 aromatic rings. The normalized spacial score (nSPS) is 16.2. The Morgan fingerprint density at radius 1 is 1.10 bits per heavy atom. The van der Waals surface area contributed by atoms with Crippen LogP contribution in [0, 0.1) is 17.8 Å². The molecule has 1 amide bonds. The first-order valence-electron chi connectivity index (χ1n) is 13.9. The molecule has 3 N–H and O–H groups in total. The molecule has 0 radical (unpaired) electrons. The van der Waals surface area contributed by atoms with Crippen LogP contribution >= 0.6 is 0 Å². The Labute approximate surface area is 244 Å². The third-order valence-corrected chi connectivity index (χ3v) is 7.12. The maximum Gasteiger partial charge on any atom is 0.315 e. The highest BCUT2D eigenvalue weighted by Gasteiger charge is 2.41. The van der Waals surface area contributed by atoms with Gasteiger partial charge in [0, 0.05) is 52.2 Å². The van der Waals surface area contributed by atoms with Gasteiger partial charge in [0.25, 0.3) is 11.5 Å². The maximum atomic E-state index is 13.8. The number of methoxy groups -OCH3 is 1. The van der Waals surface area contributed by atoms with Crippen LogP contribution in [0.4, 0.5) is 5.69 Å². The summed E-state index contributed by atoms with van der Waals surface area (Å²) >= 11 is 0. The van der Waals surface area contributed by atoms with Gasteiger partial charge in [0.15, 0.2) is 0 Å². The van der Waals surface area contributed by atoms with E-state index < -0.39 is 29.3 Å². The summed E-state index contributed by atoms with van der Waals surface area (Å²) in [5, 5.41) is 19.2. The molecule has 42 heavy (non-hydrogen) atoms. The molecule has 0 spiro atoms. The number of ether oxygens (including phenoxy) is 1. The van der Waals surface area contributed by atoms with Gasteiger partial charge < -0.3 is 15.2 Å². The van der Waals surface area contributed by atoms with Crippen LogP contribution in [0.15, 0.2) is 75.7 Å². The van der Waals surface area contributed by atoms with Crippen molar-refractivity contribution in [2.75, 3.05) is 12.4 Å². The minimum Gasteiger partial charge on any atom is -0.505 e. The summed E-state index contributed by atoms with van der Waals surface area (Å²) < 4.78 is 5.15. The van der Waals surface area contributed by atoms with E-state index in [1.165, 1.54) is 7.11 Å². The zero-order chi connectivity index (χ0) is 30.2. The minimum absolute atomic E-state index is 0.206. The summed E-state index contributed by atoms with van der Waals surface area (Å²) in [7, 11) is 1.33. The second-order valence-corrected chi connectivity index (χ2v) is 10.1. The fourth-order valence-electron chi connectivity index (χ4n) is 5.08. The number of unbranched alkanes of at least 4 members (excludes halogenated alkanes) is 3. The summed E-state index contributed by atoms with van der Waals surface area (Å²) in [6, 6.07) is 15.3. The number of aromatic hydroxyl groups is 1. The molecule has 2 aromatic carbocycles. The fourth-order valence-corrected chi connectivity index (χ4v) is 5.08. The monoisotopic (exact) mass is 566 g/mol. The number of hydrogen-bond donors (Lipinski definition) is 3. The first-order valence-corrected chi connectivity index (χ1v) is 13.9. The Bertz CT molecular complexity index is 1660. The average molecular weight is 567 g/mol. The van der Waals surface area contributed by atoms with Crippen molar-refractivity contribution in [2.24, 2.45) is 10.9 Å². The van der Waals surface area contributed by atoms with Gasteiger partial charge in [0.05, 0.1) is 7.11 Å². The number of rotatable bonds is 8. The second kappa shape index (κ2) is 13.6. The Kier molecular flexibility index (Phi) is 9.71. The Balaban J connectivity index is 1.66. The van der Waals surface area contributed by atoms with E-state index in [9.17, 15) is 19.5 Å². The van der Waals surface area contributed by atoms with E-state index in [1.54, 1.807) is 38.1 Å². The molecule has 1 aromatic heterocycles. The van der Waals surface area contributed by atoms with E-state index in [0.29, 0.717) is 28.2 Å². The number of aliphatic imine (C=N–C) groups is 1. The molecule has 2 atom stereocenters. The predicted molar refractivity (Wildman–Crippen MR) is 162 cm³/mol. The quantitative estimate of drug-likeness (QED) is 0.192. The number of amides is 1. The van der Waals surface area contributed by atoms with E-state index in [0.717, 1.165) is 42.9 Å². The Morgan fingerprint density at radius 2 is 1.86 bits per heavy atom. The number of aromatic amines is 1. The number of aromatic nitrogens is 2. The number of allylic oxidation sites excluding steroid dienone is 1. The van der Waals surface area contributed by atoms with Crippen LogP contribution in [-0.4, -0.2) is 40.0 Å². The van der Waals surface area contributed by atoms with Gasteiger partial charge in [0.1, 0.15) is 17.4 Å². The minimum atomic E-state index is -0.788. The largest absolute Gasteiger partial charge is 0.505 e. The maximum absolute atomic E-state index is 13.8. The number of nitrogens with zero attached hydrogens (tertiary/aromatic N) is 2. The molecule has 0 fully saturated rings. The zero-order valence-electron chi connectivity index (χ0n) is 24.2. The van der Waals surface area contributed by atoms with Crippen LogP contribution in [0.3, 0.4) is 0 Å². The first-order chi connectivity index (χ1) is 20.2. The van der Waals surface area contributed by atoms with Crippen LogP contribution < -0.4 is 10.9 Å². The molecule has 1 aliphatic rings. The van der Waals surface area contributed by atoms with Crippen molar-refractivity contribution in [1.82, 2.24) is 10.2 Å². The highest BCUT2D eigenvalue weighted by molar-refractivity contribution is 6.11. The number of nitrogens with one attached hydrogen (secondary N) is 2. The number of H-pyrrole nitrogens is 1. The van der Waals surface area contributed by atoms with Crippen LogP contribution in [0.5, 0.6) is 5.75 Å². The van der Waals surface area contributed by atoms with E-state index in [1.807, 2.05) is 24.3 Å². The van der Waals surface area contributed by atoms with Crippen LogP contribution in [0.25, 0.3) is 11.3 Å². The van der Waals surface area contributed by atoms with Crippen molar-refractivity contribution in [2.45, 2.75) is 52.4 Å². The average Bonchev–Trinajstić information content (AvgIpc) is 2.97. The molecule has 0 saturated heterocycles. The highest BCUT2D eigenvalue weighted by atomic mass is 16.5. The molecule has 9 nitrogen and oxygen atoms in total. The van der Waals surface area contributed by atoms with Crippen molar-refractivity contribution >= 4 is 23.3 Å². The molecule has 2 heterocycles. The van der Waals surface area contributed by atoms with Crippen molar-refractivity contribution in [3.05, 3.63) is 87.3 Å². The standard InChI is InChI=1S/C33H34N4O5/c1-5-6-7-8-9-11-22-12-10-13-24(18-22)30-28(20(2)34-21(3)29(30)33(41)42-4)32(40)35-25-16-14-23(15-17-25)31-26(38)19-27(39)36-37-31/h10,12-19,29-30H,5-8H2,1-4H3,(H,35,40)(H2,36,38,39). The van der Waals surface area contributed by atoms with Crippen LogP contribution in [0.2, 0.25) is 0 Å². The fraction of sp³-hybridized carbons (Fsp3) is 0.303. The zero-order valence-corrected chi connectivity index (χ0v) is 24.2. The number of esters is 1. The number of benzene rings is 2. The lowest BCUT2D eigenvalue weighted by molar-refractivity contribution is -0.143. The topological polar surface area (TPSA) is 134 Å². The van der Waals surface area contributed by atoms with Crippen LogP contribution in [-0.2, 0) is 14.3 Å². The van der Waals surface area contributed by atoms with Crippen molar-refractivity contribution in [3.63, 3.8) is 0 Å². The van der Waals surface area contributed by atoms with Crippen molar-refractivity contribution in [3.8, 4) is 28.8 Å². The van der Waals surface area contributed by atoms with Gasteiger partial charge in [-0.2, -0.15) is 5.10 Å². The lowest BCUT2D eigenvalue weighted by Gasteiger charge is -2.31. The molecular weight excluding hydrogens is 532 g/mol. The summed E-state index contributed by atoms with van der Waals surface area (Å²) in [5.74, 6) is 3.88. The third-order valence-electron chi connectivity index (χ3n) is 7.12. The third kappa shape index (κ3) is 6.84. The van der Waals surface area contributed by atoms with E-state index in [4.69, 9.17) is 4.74 Å². The molecule has 216 valence electrons. The Morgan fingerprint density at radius 3 is 2.55 bits per heavy atom. The van der Waals surface area contributed by atoms with Gasteiger partial charge in [-0.3, -0.25) is 19.4 Å². The van der Waals surface area contributed by atoms with Gasteiger partial charge >= 0.3 is 5.97 Å². The van der Waals surface area contributed by atoms with Gasteiger partial charge in [0.2, 0.25) is 0 Å². The molecule has 2 unspecified atom stereocenters. The summed E-state index contributed by atoms with van der Waals surface area (Å²) in [6.45, 7) is 5.67. The van der Waals surface area contributed by atoms with E-state index in [2.05, 4.69) is 39.3 Å². The number of carbonyl (C=O) groups excluding carboxylic acids is 2. The number of anilines is 1. The summed E-state index contributed by atoms with van der Waals surface area (Å²) in [5.41, 5.74) is 3.72. The second-order valence-electron chi connectivity index (χ2n) is 10.1. The van der Waals surface area contributed by atoms with Gasteiger partial charge in [-0.05, 0) is 50.1 Å². The molecule has 9 heteroatoms. The van der Waals surface area contributed by atoms with Gasteiger partial charge in [-0.1, -0.05) is 55.9 Å². The molecule has 4 rings (SSSR count). The van der Waals surface area contributed by atoms with E-state index in [-0.39, 0.29) is 11.4 Å². The molecular formula is C33H34N4O5. The summed E-state index contributed by atoms with van der Waals surface area (Å²) in [4.78, 5) is 42.8. The van der Waals surface area contributed by atoms with Gasteiger partial charge in [-0.25, -0.2) is 5.10 Å². The number of hydrogen-bond acceptors (Lipinski definition) is 7. The molecule has 0 bridgehead atoms. The van der Waals surface area contributed by atoms with Crippen molar-refractivity contribution < 1.29 is 19.4 Å². The SMILES string of the molecule is CCCCCC#Cc1cccc(C2C(C(=O)Nc3ccc(-c4n[nH]c(=O)cc4O)cc3)=C(C)N=C(C)C2C(=O)OC)c1. The Hall–Kier alpha value is -4.97. The smallest absolute Gasteiger partial charge is 0.315 e. The highest BCUT2D eigenvalue weighted by Crippen LogP contribution is 2.40. The van der Waals surface area contributed by atoms with Gasteiger partial charge in [-0.15, -0.1) is 0 Å². The lowest BCUT2D eigenvalue weighted by Crippen LogP contribution is -2.37. The molecule has 0 aliphatic carbocycles. The first kappa shape index (κ1) is 30.0. The molecule has 1 aliphatic heterocycles.